The lowest BCUT2D eigenvalue weighted by molar-refractivity contribution is -0.131. The molecule has 1 aromatic heterocycles. The molecule has 2 aliphatic heterocycles. The summed E-state index contributed by atoms with van der Waals surface area (Å²) < 4.78 is 18.1. The first-order valence-electron chi connectivity index (χ1n) is 12.0. The Bertz CT molecular complexity index is 1360. The predicted octanol–water partition coefficient (Wildman–Crippen LogP) is 3.10. The lowest BCUT2D eigenvalue weighted by atomic mass is 10.0. The minimum absolute atomic E-state index is 0.0932. The number of benzene rings is 2. The first-order chi connectivity index (χ1) is 16.4. The Kier molecular flexibility index (Phi) is 4.86. The van der Waals surface area contributed by atoms with Gasteiger partial charge in [0.1, 0.15) is 11.6 Å². The molecular formula is C26H28FN5O2. The molecule has 1 saturated heterocycles. The number of rotatable bonds is 4. The van der Waals surface area contributed by atoms with Crippen LogP contribution in [0.2, 0.25) is 0 Å². The second-order valence-electron chi connectivity index (χ2n) is 9.83. The van der Waals surface area contributed by atoms with Gasteiger partial charge < -0.3 is 9.80 Å². The molecule has 0 radical (unpaired) electrons. The quantitative estimate of drug-likeness (QED) is 0.599. The van der Waals surface area contributed by atoms with E-state index in [2.05, 4.69) is 29.2 Å². The van der Waals surface area contributed by atoms with E-state index in [9.17, 15) is 9.59 Å². The van der Waals surface area contributed by atoms with Gasteiger partial charge in [-0.1, -0.05) is 12.1 Å². The maximum atomic E-state index is 15.5. The van der Waals surface area contributed by atoms with Crippen molar-refractivity contribution in [3.63, 3.8) is 0 Å². The fourth-order valence-corrected chi connectivity index (χ4v) is 5.35. The molecule has 7 nitrogen and oxygen atoms in total. The molecule has 176 valence electrons. The van der Waals surface area contributed by atoms with Crippen molar-refractivity contribution in [2.45, 2.75) is 31.6 Å². The fraction of sp³-hybridized carbons (Fsp3) is 0.423. The largest absolute Gasteiger partial charge is 0.374 e. The third-order valence-corrected chi connectivity index (χ3v) is 7.47. The number of amides is 1. The highest BCUT2D eigenvalue weighted by Gasteiger charge is 2.38. The molecule has 1 atom stereocenters. The van der Waals surface area contributed by atoms with E-state index in [1.165, 1.54) is 26.6 Å². The first kappa shape index (κ1) is 21.1. The summed E-state index contributed by atoms with van der Waals surface area (Å²) >= 11 is 0. The van der Waals surface area contributed by atoms with Gasteiger partial charge in [0, 0.05) is 51.3 Å². The van der Waals surface area contributed by atoms with Gasteiger partial charge in [0.05, 0.1) is 5.69 Å². The molecule has 2 fully saturated rings. The number of hydrogen-bond acceptors (Lipinski definition) is 4. The van der Waals surface area contributed by atoms with Crippen LogP contribution in [0.1, 0.15) is 36.6 Å². The smallest absolute Gasteiger partial charge is 0.350 e. The zero-order chi connectivity index (χ0) is 23.6. The van der Waals surface area contributed by atoms with Crippen LogP contribution in [0.15, 0.2) is 41.2 Å². The van der Waals surface area contributed by atoms with Crippen LogP contribution < -0.4 is 10.6 Å². The summed E-state index contributed by atoms with van der Waals surface area (Å²) in [6.07, 6.45) is 3.63. The first-order valence-corrected chi connectivity index (χ1v) is 12.0. The van der Waals surface area contributed by atoms with E-state index >= 15 is 4.39 Å². The van der Waals surface area contributed by atoms with Gasteiger partial charge in [-0.25, -0.2) is 18.4 Å². The molecule has 8 heteroatoms. The minimum atomic E-state index is -0.463. The van der Waals surface area contributed by atoms with Crippen molar-refractivity contribution in [2.75, 3.05) is 31.6 Å². The van der Waals surface area contributed by atoms with Crippen molar-refractivity contribution in [3.8, 4) is 16.8 Å². The highest BCUT2D eigenvalue weighted by molar-refractivity contribution is 5.81. The van der Waals surface area contributed by atoms with Crippen molar-refractivity contribution in [1.82, 2.24) is 19.2 Å². The van der Waals surface area contributed by atoms with Crippen LogP contribution in [0.5, 0.6) is 0 Å². The van der Waals surface area contributed by atoms with Gasteiger partial charge in [-0.05, 0) is 66.6 Å². The lowest BCUT2D eigenvalue weighted by Gasteiger charge is -2.16. The van der Waals surface area contributed by atoms with Crippen molar-refractivity contribution < 1.29 is 9.18 Å². The Morgan fingerprint density at radius 3 is 2.47 bits per heavy atom. The number of aromatic nitrogens is 3. The molecule has 34 heavy (non-hydrogen) atoms. The lowest BCUT2D eigenvalue weighted by Crippen LogP contribution is -2.30. The molecule has 0 spiro atoms. The zero-order valence-electron chi connectivity index (χ0n) is 19.5. The number of aryl methyl sites for hydroxylation is 1. The van der Waals surface area contributed by atoms with E-state index in [0.717, 1.165) is 43.4 Å². The molecule has 1 unspecified atom stereocenters. The standard InChI is InChI=1S/C26H28FN5O2/c1-29-11-9-19-13-17(5-7-22(19)29)18-6-8-23(21(27)14-18)32-24(28-30(2)26(32)34)20-10-12-31(15-20)25(33)16-3-4-16/h5-8,13-14,16,20H,3-4,9-12,15H2,1-2H3. The summed E-state index contributed by atoms with van der Waals surface area (Å²) in [5.74, 6) is 0.322. The van der Waals surface area contributed by atoms with E-state index in [0.29, 0.717) is 18.9 Å². The van der Waals surface area contributed by atoms with Crippen molar-refractivity contribution >= 4 is 11.6 Å². The van der Waals surface area contributed by atoms with Crippen LogP contribution in [0.4, 0.5) is 10.1 Å². The maximum Gasteiger partial charge on any atom is 0.350 e. The van der Waals surface area contributed by atoms with Gasteiger partial charge in [-0.3, -0.25) is 4.79 Å². The van der Waals surface area contributed by atoms with Crippen molar-refractivity contribution in [2.24, 2.45) is 13.0 Å². The number of carbonyl (C=O) groups is 1. The van der Waals surface area contributed by atoms with Crippen LogP contribution >= 0.6 is 0 Å². The highest BCUT2D eigenvalue weighted by Crippen LogP contribution is 2.36. The molecule has 6 rings (SSSR count). The monoisotopic (exact) mass is 461 g/mol. The number of anilines is 1. The Morgan fingerprint density at radius 2 is 1.74 bits per heavy atom. The molecule has 1 saturated carbocycles. The van der Waals surface area contributed by atoms with Crippen LogP contribution in [0.25, 0.3) is 16.8 Å². The molecule has 1 aliphatic carbocycles. The summed E-state index contributed by atoms with van der Waals surface area (Å²) in [5.41, 5.74) is 4.04. The van der Waals surface area contributed by atoms with Crippen molar-refractivity contribution in [3.05, 3.63) is 64.1 Å². The van der Waals surface area contributed by atoms with E-state index in [1.54, 1.807) is 13.1 Å². The highest BCUT2D eigenvalue weighted by atomic mass is 19.1. The number of nitrogens with zero attached hydrogens (tertiary/aromatic N) is 5. The average molecular weight is 462 g/mol. The SMILES string of the molecule is CN1CCc2cc(-c3ccc(-n4c(C5CCN(C(=O)C6CC6)C5)nn(C)c4=O)c(F)c3)ccc21. The second-order valence-corrected chi connectivity index (χ2v) is 9.83. The number of carbonyl (C=O) groups excluding carboxylic acids is 1. The van der Waals surface area contributed by atoms with Crippen LogP contribution in [-0.4, -0.2) is 51.8 Å². The van der Waals surface area contributed by atoms with Crippen molar-refractivity contribution in [1.29, 1.82) is 0 Å². The Labute approximate surface area is 197 Å². The average Bonchev–Trinajstić information content (AvgIpc) is 3.35. The van der Waals surface area contributed by atoms with Gasteiger partial charge in [0.25, 0.3) is 0 Å². The summed E-state index contributed by atoms with van der Waals surface area (Å²) in [4.78, 5) is 29.5. The van der Waals surface area contributed by atoms with E-state index in [-0.39, 0.29) is 29.1 Å². The second kappa shape index (κ2) is 7.82. The molecule has 2 aromatic carbocycles. The predicted molar refractivity (Wildman–Crippen MR) is 128 cm³/mol. The summed E-state index contributed by atoms with van der Waals surface area (Å²) in [6, 6.07) is 11.2. The van der Waals surface area contributed by atoms with E-state index in [1.807, 2.05) is 17.0 Å². The zero-order valence-corrected chi connectivity index (χ0v) is 19.5. The van der Waals surface area contributed by atoms with Crippen LogP contribution in [0, 0.1) is 11.7 Å². The maximum absolute atomic E-state index is 15.5. The normalized spacial score (nSPS) is 19.7. The number of halogens is 1. The van der Waals surface area contributed by atoms with Gasteiger partial charge in [0.2, 0.25) is 5.91 Å². The number of likely N-dealkylation sites (N-methyl/N-ethyl adjacent to an activating group) is 1. The fourth-order valence-electron chi connectivity index (χ4n) is 5.35. The molecular weight excluding hydrogens is 433 g/mol. The molecule has 3 aliphatic rings. The minimum Gasteiger partial charge on any atom is -0.374 e. The molecule has 3 heterocycles. The molecule has 1 amide bonds. The van der Waals surface area contributed by atoms with Gasteiger partial charge in [-0.15, -0.1) is 0 Å². The Morgan fingerprint density at radius 1 is 1.00 bits per heavy atom. The topological polar surface area (TPSA) is 63.4 Å². The number of fused-ring (bicyclic) bond motifs is 1. The summed E-state index contributed by atoms with van der Waals surface area (Å²) in [6.45, 7) is 2.17. The van der Waals surface area contributed by atoms with Gasteiger partial charge in [-0.2, -0.15) is 5.10 Å². The van der Waals surface area contributed by atoms with E-state index < -0.39 is 5.82 Å². The Hall–Kier alpha value is -3.42. The number of hydrogen-bond donors (Lipinski definition) is 0. The Balaban J connectivity index is 1.33. The molecule has 3 aromatic rings. The third kappa shape index (κ3) is 3.43. The molecule has 0 N–H and O–H groups in total. The van der Waals surface area contributed by atoms with E-state index in [4.69, 9.17) is 0 Å². The summed E-state index contributed by atoms with van der Waals surface area (Å²) in [7, 11) is 3.66. The van der Waals surface area contributed by atoms with Crippen LogP contribution in [0.3, 0.4) is 0 Å². The number of likely N-dealkylation sites (tertiary alicyclic amines) is 1. The van der Waals surface area contributed by atoms with Gasteiger partial charge in [0.15, 0.2) is 0 Å². The van der Waals surface area contributed by atoms with Crippen LogP contribution in [-0.2, 0) is 18.3 Å². The molecule has 0 bridgehead atoms. The third-order valence-electron chi connectivity index (χ3n) is 7.47. The summed E-state index contributed by atoms with van der Waals surface area (Å²) in [5, 5.41) is 4.45. The van der Waals surface area contributed by atoms with Gasteiger partial charge >= 0.3 is 5.69 Å².